The maximum atomic E-state index is 13.6. The van der Waals surface area contributed by atoms with Gasteiger partial charge < -0.3 is 19.7 Å². The van der Waals surface area contributed by atoms with Crippen LogP contribution in [0.15, 0.2) is 48.5 Å². The van der Waals surface area contributed by atoms with Crippen LogP contribution in [0.2, 0.25) is 0 Å². The van der Waals surface area contributed by atoms with Gasteiger partial charge in [-0.1, -0.05) is 18.2 Å². The van der Waals surface area contributed by atoms with Crippen LogP contribution in [-0.4, -0.2) is 55.0 Å². The lowest BCUT2D eigenvalue weighted by molar-refractivity contribution is -0.126. The number of pyridine rings is 1. The molecule has 1 aliphatic carbocycles. The van der Waals surface area contributed by atoms with Crippen LogP contribution in [0.1, 0.15) is 36.0 Å². The Morgan fingerprint density at radius 3 is 2.38 bits per heavy atom. The third-order valence-electron chi connectivity index (χ3n) is 6.70. The van der Waals surface area contributed by atoms with Crippen molar-refractivity contribution in [3.05, 3.63) is 54.1 Å². The van der Waals surface area contributed by atoms with Crippen LogP contribution in [0.3, 0.4) is 0 Å². The van der Waals surface area contributed by atoms with E-state index in [2.05, 4.69) is 5.32 Å². The second-order valence-corrected chi connectivity index (χ2v) is 8.99. The molecule has 2 amide bonds. The van der Waals surface area contributed by atoms with Crippen molar-refractivity contribution >= 4 is 22.7 Å². The van der Waals surface area contributed by atoms with Crippen molar-refractivity contribution in [3.8, 4) is 22.8 Å². The van der Waals surface area contributed by atoms with Crippen LogP contribution < -0.4 is 14.8 Å². The molecule has 1 aliphatic heterocycles. The van der Waals surface area contributed by atoms with Crippen LogP contribution in [0.5, 0.6) is 11.5 Å². The number of aromatic nitrogens is 1. The number of carbonyl (C=O) groups excluding carboxylic acids is 2. The summed E-state index contributed by atoms with van der Waals surface area (Å²) in [4.78, 5) is 32.7. The molecule has 1 saturated heterocycles. The van der Waals surface area contributed by atoms with E-state index in [0.29, 0.717) is 54.7 Å². The van der Waals surface area contributed by atoms with Crippen molar-refractivity contribution in [1.29, 1.82) is 0 Å². The zero-order valence-corrected chi connectivity index (χ0v) is 19.5. The number of carbonyl (C=O) groups is 2. The Labute approximate surface area is 199 Å². The van der Waals surface area contributed by atoms with Crippen LogP contribution >= 0.6 is 0 Å². The van der Waals surface area contributed by atoms with Gasteiger partial charge in [-0.05, 0) is 56.0 Å². The molecule has 176 valence electrons. The number of nitrogens with one attached hydrogen (secondary N) is 1. The molecule has 1 saturated carbocycles. The molecule has 0 radical (unpaired) electrons. The largest absolute Gasteiger partial charge is 0.493 e. The van der Waals surface area contributed by atoms with Crippen molar-refractivity contribution in [2.24, 2.45) is 5.92 Å². The van der Waals surface area contributed by atoms with Gasteiger partial charge in [-0.3, -0.25) is 9.59 Å². The van der Waals surface area contributed by atoms with Gasteiger partial charge in [0.1, 0.15) is 0 Å². The number of hydrogen-bond acceptors (Lipinski definition) is 5. The van der Waals surface area contributed by atoms with Crippen LogP contribution in [0.4, 0.5) is 0 Å². The lowest BCUT2D eigenvalue weighted by Gasteiger charge is -2.31. The van der Waals surface area contributed by atoms with Gasteiger partial charge in [0.25, 0.3) is 5.91 Å². The Bertz CT molecular complexity index is 1230. The molecule has 1 aromatic heterocycles. The minimum Gasteiger partial charge on any atom is -0.493 e. The maximum Gasteiger partial charge on any atom is 0.254 e. The molecule has 7 heteroatoms. The van der Waals surface area contributed by atoms with Crippen molar-refractivity contribution in [2.75, 3.05) is 27.3 Å². The number of fused-ring (bicyclic) bond motifs is 1. The summed E-state index contributed by atoms with van der Waals surface area (Å²) in [5.74, 6) is 1.34. The molecule has 3 aromatic rings. The molecule has 0 spiro atoms. The summed E-state index contributed by atoms with van der Waals surface area (Å²) < 4.78 is 10.8. The van der Waals surface area contributed by atoms with Crippen molar-refractivity contribution < 1.29 is 19.1 Å². The second kappa shape index (κ2) is 9.33. The molecule has 7 nitrogen and oxygen atoms in total. The predicted octanol–water partition coefficient (Wildman–Crippen LogP) is 4.05. The Morgan fingerprint density at radius 2 is 1.68 bits per heavy atom. The highest BCUT2D eigenvalue weighted by Crippen LogP contribution is 2.33. The summed E-state index contributed by atoms with van der Waals surface area (Å²) in [6.45, 7) is 1.15. The smallest absolute Gasteiger partial charge is 0.254 e. The number of rotatable bonds is 6. The average molecular weight is 460 g/mol. The lowest BCUT2D eigenvalue weighted by Crippen LogP contribution is -2.43. The zero-order valence-electron chi connectivity index (χ0n) is 19.5. The van der Waals surface area contributed by atoms with Crippen molar-refractivity contribution in [1.82, 2.24) is 15.2 Å². The quantitative estimate of drug-likeness (QED) is 0.602. The third kappa shape index (κ3) is 4.42. The van der Waals surface area contributed by atoms with E-state index in [9.17, 15) is 9.59 Å². The number of amides is 2. The standard InChI is InChI=1S/C27H29N3O4/c1-33-24-10-7-18(15-25(24)34-2)23-16-21(20-5-3-4-6-22(20)29-23)27(32)30-13-11-17(12-14-30)26(31)28-19-8-9-19/h3-7,10,15-17,19H,8-9,11-14H2,1-2H3,(H,28,31). The van der Waals surface area contributed by atoms with Gasteiger partial charge in [0.2, 0.25) is 5.91 Å². The molecular weight excluding hydrogens is 430 g/mol. The van der Waals surface area contributed by atoms with Crippen molar-refractivity contribution in [3.63, 3.8) is 0 Å². The van der Waals surface area contributed by atoms with E-state index in [0.717, 1.165) is 29.3 Å². The van der Waals surface area contributed by atoms with Crippen molar-refractivity contribution in [2.45, 2.75) is 31.7 Å². The Balaban J connectivity index is 1.42. The number of para-hydroxylation sites is 1. The highest BCUT2D eigenvalue weighted by atomic mass is 16.5. The van der Waals surface area contributed by atoms with E-state index >= 15 is 0 Å². The number of hydrogen-bond donors (Lipinski definition) is 1. The average Bonchev–Trinajstić information content (AvgIpc) is 3.71. The van der Waals surface area contributed by atoms with E-state index in [1.807, 2.05) is 53.4 Å². The number of nitrogens with zero attached hydrogens (tertiary/aromatic N) is 2. The maximum absolute atomic E-state index is 13.6. The van der Waals surface area contributed by atoms with Gasteiger partial charge in [-0.15, -0.1) is 0 Å². The van der Waals surface area contributed by atoms with Gasteiger partial charge in [0.15, 0.2) is 11.5 Å². The lowest BCUT2D eigenvalue weighted by atomic mass is 9.94. The molecule has 34 heavy (non-hydrogen) atoms. The van der Waals surface area contributed by atoms with Crippen LogP contribution in [0, 0.1) is 5.92 Å². The minimum atomic E-state index is -0.0265. The predicted molar refractivity (Wildman–Crippen MR) is 130 cm³/mol. The molecule has 2 heterocycles. The second-order valence-electron chi connectivity index (χ2n) is 8.99. The Hall–Kier alpha value is -3.61. The van der Waals surface area contributed by atoms with E-state index in [1.165, 1.54) is 0 Å². The van der Waals surface area contributed by atoms with E-state index in [1.54, 1.807) is 14.2 Å². The highest BCUT2D eigenvalue weighted by Gasteiger charge is 2.32. The SMILES string of the molecule is COc1ccc(-c2cc(C(=O)N3CCC(C(=O)NC4CC4)CC3)c3ccccc3n2)cc1OC. The number of ether oxygens (including phenoxy) is 2. The summed E-state index contributed by atoms with van der Waals surface area (Å²) in [5, 5.41) is 3.92. The summed E-state index contributed by atoms with van der Waals surface area (Å²) in [6, 6.07) is 15.5. The molecule has 5 rings (SSSR count). The molecule has 1 N–H and O–H groups in total. The van der Waals surface area contributed by atoms with E-state index < -0.39 is 0 Å². The zero-order chi connectivity index (χ0) is 23.7. The molecular formula is C27H29N3O4. The summed E-state index contributed by atoms with van der Waals surface area (Å²) in [7, 11) is 3.19. The monoisotopic (exact) mass is 459 g/mol. The molecule has 0 bridgehead atoms. The molecule has 0 atom stereocenters. The van der Waals surface area contributed by atoms with Gasteiger partial charge in [0, 0.05) is 36.0 Å². The molecule has 2 fully saturated rings. The molecule has 2 aromatic carbocycles. The highest BCUT2D eigenvalue weighted by molar-refractivity contribution is 6.07. The van der Waals surface area contributed by atoms with Gasteiger partial charge >= 0.3 is 0 Å². The summed E-state index contributed by atoms with van der Waals surface area (Å²) in [5.41, 5.74) is 2.92. The van der Waals surface area contributed by atoms with Gasteiger partial charge in [-0.2, -0.15) is 0 Å². The Kier molecular flexibility index (Phi) is 6.09. The van der Waals surface area contributed by atoms with Crippen LogP contribution in [0.25, 0.3) is 22.2 Å². The fourth-order valence-electron chi connectivity index (χ4n) is 4.56. The first-order valence-corrected chi connectivity index (χ1v) is 11.8. The first-order chi connectivity index (χ1) is 16.6. The first kappa shape index (κ1) is 22.2. The molecule has 2 aliphatic rings. The fraction of sp³-hybridized carbons (Fsp3) is 0.370. The van der Waals surface area contributed by atoms with Gasteiger partial charge in [0.05, 0.1) is 31.0 Å². The van der Waals surface area contributed by atoms with Crippen LogP contribution in [-0.2, 0) is 4.79 Å². The number of likely N-dealkylation sites (tertiary alicyclic amines) is 1. The minimum absolute atomic E-state index is 0.0128. The summed E-state index contributed by atoms with van der Waals surface area (Å²) in [6.07, 6.45) is 3.55. The number of piperidine rings is 1. The third-order valence-corrected chi connectivity index (χ3v) is 6.70. The Morgan fingerprint density at radius 1 is 0.941 bits per heavy atom. The van der Waals surface area contributed by atoms with E-state index in [4.69, 9.17) is 14.5 Å². The summed E-state index contributed by atoms with van der Waals surface area (Å²) >= 11 is 0. The van der Waals surface area contributed by atoms with Gasteiger partial charge in [-0.25, -0.2) is 4.98 Å². The number of methoxy groups -OCH3 is 2. The molecule has 0 unspecified atom stereocenters. The number of benzene rings is 2. The van der Waals surface area contributed by atoms with E-state index in [-0.39, 0.29) is 17.7 Å². The fourth-order valence-corrected chi connectivity index (χ4v) is 4.56. The first-order valence-electron chi connectivity index (χ1n) is 11.8. The topological polar surface area (TPSA) is 80.8 Å². The normalized spacial score (nSPS) is 16.4.